The van der Waals surface area contributed by atoms with E-state index < -0.39 is 0 Å². The summed E-state index contributed by atoms with van der Waals surface area (Å²) in [6, 6.07) is 10.2. The molecule has 0 aliphatic heterocycles. The van der Waals surface area contributed by atoms with Crippen molar-refractivity contribution < 1.29 is 9.13 Å². The molecule has 2 rings (SSSR count). The summed E-state index contributed by atoms with van der Waals surface area (Å²) in [6.07, 6.45) is 1.59. The summed E-state index contributed by atoms with van der Waals surface area (Å²) in [5, 5.41) is 0. The molecule has 0 fully saturated rings. The summed E-state index contributed by atoms with van der Waals surface area (Å²) in [5.74, 6) is 0.499. The second-order valence-electron chi connectivity index (χ2n) is 5.19. The quantitative estimate of drug-likeness (QED) is 0.886. The fourth-order valence-electron chi connectivity index (χ4n) is 2.01. The minimum absolute atomic E-state index is 0.0764. The molecule has 0 aliphatic rings. The predicted molar refractivity (Wildman–Crippen MR) is 81.7 cm³/mol. The van der Waals surface area contributed by atoms with Crippen molar-refractivity contribution in [2.75, 3.05) is 0 Å². The molecule has 112 valence electrons. The van der Waals surface area contributed by atoms with Crippen LogP contribution in [0.2, 0.25) is 0 Å². The summed E-state index contributed by atoms with van der Waals surface area (Å²) >= 11 is 0. The molecule has 1 heterocycles. The van der Waals surface area contributed by atoms with Gasteiger partial charge in [0, 0.05) is 18.2 Å². The molecule has 0 bridgehead atoms. The molecule has 0 radical (unpaired) electrons. The van der Waals surface area contributed by atoms with E-state index in [0.29, 0.717) is 13.0 Å². The number of nitrogens with two attached hydrogens (primary N) is 1. The summed E-state index contributed by atoms with van der Waals surface area (Å²) < 4.78 is 18.7. The Hall–Kier alpha value is -1.94. The van der Waals surface area contributed by atoms with Crippen LogP contribution in [0.3, 0.4) is 0 Å². The Bertz CT molecular complexity index is 584. The maximum atomic E-state index is 12.9. The molecular formula is C17H21FN2O. The van der Waals surface area contributed by atoms with Crippen LogP contribution in [-0.4, -0.2) is 11.0 Å². The highest BCUT2D eigenvalue weighted by Crippen LogP contribution is 2.20. The maximum Gasteiger partial charge on any atom is 0.141 e. The van der Waals surface area contributed by atoms with E-state index in [0.717, 1.165) is 29.1 Å². The Morgan fingerprint density at radius 3 is 2.57 bits per heavy atom. The van der Waals surface area contributed by atoms with Crippen LogP contribution in [0, 0.1) is 12.7 Å². The third-order valence-electron chi connectivity index (χ3n) is 3.36. The number of halogens is 1. The van der Waals surface area contributed by atoms with Crippen molar-refractivity contribution in [1.82, 2.24) is 4.98 Å². The zero-order valence-electron chi connectivity index (χ0n) is 12.5. The zero-order valence-corrected chi connectivity index (χ0v) is 12.5. The average Bonchev–Trinajstić information content (AvgIpc) is 2.48. The van der Waals surface area contributed by atoms with Crippen molar-refractivity contribution in [3.63, 3.8) is 0 Å². The van der Waals surface area contributed by atoms with Gasteiger partial charge in [0.25, 0.3) is 0 Å². The number of aromatic nitrogens is 1. The van der Waals surface area contributed by atoms with Gasteiger partial charge in [0.1, 0.15) is 18.2 Å². The van der Waals surface area contributed by atoms with Crippen molar-refractivity contribution in [2.24, 2.45) is 5.73 Å². The van der Waals surface area contributed by atoms with Crippen molar-refractivity contribution in [1.29, 1.82) is 0 Å². The summed E-state index contributed by atoms with van der Waals surface area (Å²) in [5.41, 5.74) is 8.76. The van der Waals surface area contributed by atoms with Gasteiger partial charge < -0.3 is 10.5 Å². The molecule has 3 nitrogen and oxygen atoms in total. The van der Waals surface area contributed by atoms with Crippen LogP contribution < -0.4 is 10.5 Å². The molecule has 1 aromatic carbocycles. The first-order valence-corrected chi connectivity index (χ1v) is 7.18. The zero-order chi connectivity index (χ0) is 15.2. The van der Waals surface area contributed by atoms with Gasteiger partial charge in [-0.3, -0.25) is 4.98 Å². The topological polar surface area (TPSA) is 48.1 Å². The van der Waals surface area contributed by atoms with Gasteiger partial charge in [0.2, 0.25) is 0 Å². The van der Waals surface area contributed by atoms with E-state index in [9.17, 15) is 4.39 Å². The van der Waals surface area contributed by atoms with Crippen LogP contribution in [0.25, 0.3) is 0 Å². The van der Waals surface area contributed by atoms with Crippen molar-refractivity contribution in [2.45, 2.75) is 39.3 Å². The number of aryl methyl sites for hydroxylation is 1. The molecule has 1 aromatic heterocycles. The largest absolute Gasteiger partial charge is 0.487 e. The fourth-order valence-corrected chi connectivity index (χ4v) is 2.01. The van der Waals surface area contributed by atoms with E-state index >= 15 is 0 Å². The van der Waals surface area contributed by atoms with Crippen molar-refractivity contribution >= 4 is 0 Å². The molecule has 0 saturated heterocycles. The molecule has 4 heteroatoms. The number of pyridine rings is 1. The van der Waals surface area contributed by atoms with E-state index in [1.807, 2.05) is 19.1 Å². The lowest BCUT2D eigenvalue weighted by Crippen LogP contribution is -2.22. The van der Waals surface area contributed by atoms with Crippen LogP contribution in [0.4, 0.5) is 4.39 Å². The van der Waals surface area contributed by atoms with E-state index in [2.05, 4.69) is 11.9 Å². The smallest absolute Gasteiger partial charge is 0.141 e. The minimum Gasteiger partial charge on any atom is -0.487 e. The number of benzene rings is 1. The molecule has 2 N–H and O–H groups in total. The molecule has 1 unspecified atom stereocenters. The number of ether oxygens (including phenoxy) is 1. The van der Waals surface area contributed by atoms with Gasteiger partial charge in [-0.25, -0.2) is 4.39 Å². The summed E-state index contributed by atoms with van der Waals surface area (Å²) in [6.45, 7) is 4.39. The lowest BCUT2D eigenvalue weighted by atomic mass is 10.1. The van der Waals surface area contributed by atoms with Crippen LogP contribution in [0.1, 0.15) is 30.3 Å². The molecule has 0 saturated carbocycles. The standard InChI is InChI=1S/C17H21FN2O/c1-3-15(19)10-16-17(9-4-12(2)20-16)21-11-13-5-7-14(18)8-6-13/h4-9,15H,3,10-11,19H2,1-2H3. The first-order valence-electron chi connectivity index (χ1n) is 7.18. The van der Waals surface area contributed by atoms with Gasteiger partial charge in [-0.1, -0.05) is 19.1 Å². The molecule has 2 aromatic rings. The lowest BCUT2D eigenvalue weighted by Gasteiger charge is -2.14. The minimum atomic E-state index is -0.245. The second-order valence-corrected chi connectivity index (χ2v) is 5.19. The maximum absolute atomic E-state index is 12.9. The Morgan fingerprint density at radius 2 is 1.90 bits per heavy atom. The van der Waals surface area contributed by atoms with Crippen molar-refractivity contribution in [3.8, 4) is 5.75 Å². The highest BCUT2D eigenvalue weighted by molar-refractivity contribution is 5.30. The van der Waals surface area contributed by atoms with Crippen LogP contribution in [0.15, 0.2) is 36.4 Å². The number of hydrogen-bond donors (Lipinski definition) is 1. The highest BCUT2D eigenvalue weighted by atomic mass is 19.1. The molecule has 0 spiro atoms. The van der Waals surface area contributed by atoms with Gasteiger partial charge in [-0.15, -0.1) is 0 Å². The highest BCUT2D eigenvalue weighted by Gasteiger charge is 2.10. The van der Waals surface area contributed by atoms with Gasteiger partial charge in [0.15, 0.2) is 0 Å². The third kappa shape index (κ3) is 4.53. The van der Waals surface area contributed by atoms with Gasteiger partial charge in [-0.05, 0) is 43.2 Å². The predicted octanol–water partition coefficient (Wildman–Crippen LogP) is 3.39. The van der Waals surface area contributed by atoms with Crippen molar-refractivity contribution in [3.05, 3.63) is 59.2 Å². The normalized spacial score (nSPS) is 12.2. The summed E-state index contributed by atoms with van der Waals surface area (Å²) in [7, 11) is 0. The Labute approximate surface area is 125 Å². The van der Waals surface area contributed by atoms with E-state index in [1.54, 1.807) is 12.1 Å². The van der Waals surface area contributed by atoms with Gasteiger partial charge in [0.05, 0.1) is 5.69 Å². The molecule has 0 amide bonds. The first kappa shape index (κ1) is 15.4. The number of nitrogens with zero attached hydrogens (tertiary/aromatic N) is 1. The van der Waals surface area contributed by atoms with E-state index in [1.165, 1.54) is 12.1 Å². The Balaban J connectivity index is 2.09. The molecule has 21 heavy (non-hydrogen) atoms. The molecule has 0 aliphatic carbocycles. The number of hydrogen-bond acceptors (Lipinski definition) is 3. The first-order chi connectivity index (χ1) is 10.1. The SMILES string of the molecule is CCC(N)Cc1nc(C)ccc1OCc1ccc(F)cc1. The summed E-state index contributed by atoms with van der Waals surface area (Å²) in [4.78, 5) is 4.52. The van der Waals surface area contributed by atoms with Crippen LogP contribution in [0.5, 0.6) is 5.75 Å². The van der Waals surface area contributed by atoms with Crippen LogP contribution >= 0.6 is 0 Å². The molecule has 1 atom stereocenters. The molecular weight excluding hydrogens is 267 g/mol. The monoisotopic (exact) mass is 288 g/mol. The van der Waals surface area contributed by atoms with Crippen LogP contribution in [-0.2, 0) is 13.0 Å². The lowest BCUT2D eigenvalue weighted by molar-refractivity contribution is 0.300. The van der Waals surface area contributed by atoms with Gasteiger partial charge in [-0.2, -0.15) is 0 Å². The average molecular weight is 288 g/mol. The second kappa shape index (κ2) is 7.18. The van der Waals surface area contributed by atoms with E-state index in [-0.39, 0.29) is 11.9 Å². The Morgan fingerprint density at radius 1 is 1.19 bits per heavy atom. The fraction of sp³-hybridized carbons (Fsp3) is 0.353. The van der Waals surface area contributed by atoms with Gasteiger partial charge >= 0.3 is 0 Å². The Kier molecular flexibility index (Phi) is 5.28. The third-order valence-corrected chi connectivity index (χ3v) is 3.36. The number of rotatable bonds is 6. The van der Waals surface area contributed by atoms with E-state index in [4.69, 9.17) is 10.5 Å².